The van der Waals surface area contributed by atoms with Gasteiger partial charge in [-0.15, -0.1) is 11.3 Å². The van der Waals surface area contributed by atoms with E-state index in [1.165, 1.54) is 58.9 Å². The van der Waals surface area contributed by atoms with Crippen LogP contribution in [-0.4, -0.2) is 86.4 Å². The third kappa shape index (κ3) is 5.47. The number of nitrogens with zero attached hydrogens (tertiary/aromatic N) is 3. The van der Waals surface area contributed by atoms with E-state index in [0.717, 1.165) is 23.5 Å². The Morgan fingerprint density at radius 2 is 1.82 bits per heavy atom. The Kier molecular flexibility index (Phi) is 7.96. The zero-order chi connectivity index (χ0) is 27.8. The Morgan fingerprint density at radius 3 is 2.39 bits per heavy atom. The molecule has 2 N–H and O–H groups in total. The topological polar surface area (TPSA) is 128 Å². The fourth-order valence-electron chi connectivity index (χ4n) is 4.43. The number of imide groups is 1. The molecule has 1 fully saturated rings. The first kappa shape index (κ1) is 28.2. The van der Waals surface area contributed by atoms with Crippen LogP contribution in [0.25, 0.3) is 0 Å². The number of rotatable bonds is 6. The van der Waals surface area contributed by atoms with Gasteiger partial charge in [-0.2, -0.15) is 4.31 Å². The summed E-state index contributed by atoms with van der Waals surface area (Å²) in [5.41, 5.74) is 0.680. The number of thiophene rings is 1. The predicted molar refractivity (Wildman–Crippen MR) is 144 cm³/mol. The molecule has 0 unspecified atom stereocenters. The molecule has 206 valence electrons. The zero-order valence-corrected chi connectivity index (χ0v) is 23.8. The summed E-state index contributed by atoms with van der Waals surface area (Å²) in [5, 5.41) is 5.55. The molecule has 38 heavy (non-hydrogen) atoms. The number of anilines is 1. The van der Waals surface area contributed by atoms with Crippen LogP contribution in [0.2, 0.25) is 0 Å². The quantitative estimate of drug-likeness (QED) is 0.553. The van der Waals surface area contributed by atoms with Gasteiger partial charge in [-0.25, -0.2) is 13.2 Å². The monoisotopic (exact) mass is 563 g/mol. The molecule has 2 aliphatic heterocycles. The molecule has 13 heteroatoms. The summed E-state index contributed by atoms with van der Waals surface area (Å²) < 4.78 is 32.9. The van der Waals surface area contributed by atoms with Gasteiger partial charge >= 0.3 is 6.03 Å². The van der Waals surface area contributed by atoms with Crippen LogP contribution >= 0.6 is 11.3 Å². The SMILES string of the molecule is CCN1CCc2c(sc(NC(=O)c3ccc(S(=O)(=O)N4COCC4(C)C)cc3)c2C(=O)NC(=O)N(C)C)C1. The van der Waals surface area contributed by atoms with Gasteiger partial charge in [-0.3, -0.25) is 19.8 Å². The minimum atomic E-state index is -3.81. The van der Waals surface area contributed by atoms with Crippen molar-refractivity contribution in [3.05, 3.63) is 45.8 Å². The van der Waals surface area contributed by atoms with Crippen molar-refractivity contribution < 1.29 is 27.5 Å². The van der Waals surface area contributed by atoms with Crippen LogP contribution in [0.3, 0.4) is 0 Å². The number of carbonyl (C=O) groups is 3. The van der Waals surface area contributed by atoms with Gasteiger partial charge in [0.1, 0.15) is 11.7 Å². The van der Waals surface area contributed by atoms with Gasteiger partial charge in [-0.05, 0) is 56.6 Å². The maximum atomic E-state index is 13.2. The maximum Gasteiger partial charge on any atom is 0.323 e. The van der Waals surface area contributed by atoms with E-state index in [2.05, 4.69) is 22.5 Å². The fourth-order valence-corrected chi connectivity index (χ4v) is 7.36. The van der Waals surface area contributed by atoms with Gasteiger partial charge < -0.3 is 15.0 Å². The van der Waals surface area contributed by atoms with Crippen LogP contribution in [-0.2, 0) is 27.7 Å². The highest BCUT2D eigenvalue weighted by molar-refractivity contribution is 7.89. The molecule has 1 aromatic carbocycles. The second-order valence-electron chi connectivity index (χ2n) is 10.1. The van der Waals surface area contributed by atoms with Crippen LogP contribution < -0.4 is 10.6 Å². The number of hydrogen-bond acceptors (Lipinski definition) is 8. The van der Waals surface area contributed by atoms with Crippen molar-refractivity contribution in [1.82, 2.24) is 19.4 Å². The van der Waals surface area contributed by atoms with Gasteiger partial charge in [0.15, 0.2) is 0 Å². The normalized spacial score (nSPS) is 17.6. The summed E-state index contributed by atoms with van der Waals surface area (Å²) in [6.45, 7) is 8.18. The molecule has 4 amide bonds. The smallest absolute Gasteiger partial charge is 0.323 e. The number of ether oxygens (including phenoxy) is 1. The Hall–Kier alpha value is -2.84. The van der Waals surface area contributed by atoms with Gasteiger partial charge in [0.05, 0.1) is 22.6 Å². The van der Waals surface area contributed by atoms with Crippen LogP contribution in [0.5, 0.6) is 0 Å². The van der Waals surface area contributed by atoms with Gasteiger partial charge in [0.25, 0.3) is 11.8 Å². The Balaban J connectivity index is 1.59. The third-order valence-electron chi connectivity index (χ3n) is 6.71. The van der Waals surface area contributed by atoms with E-state index in [-0.39, 0.29) is 17.2 Å². The maximum absolute atomic E-state index is 13.2. The summed E-state index contributed by atoms with van der Waals surface area (Å²) in [4.78, 5) is 43.0. The number of carbonyl (C=O) groups excluding carboxylic acids is 3. The Labute approximate surface area is 226 Å². The van der Waals surface area contributed by atoms with E-state index < -0.39 is 33.4 Å². The van der Waals surface area contributed by atoms with Crippen molar-refractivity contribution in [3.8, 4) is 0 Å². The van der Waals surface area contributed by atoms with E-state index in [4.69, 9.17) is 4.74 Å². The minimum absolute atomic E-state index is 0.0305. The molecule has 11 nitrogen and oxygen atoms in total. The average Bonchev–Trinajstić information content (AvgIpc) is 3.42. The molecule has 1 aromatic heterocycles. The largest absolute Gasteiger partial charge is 0.363 e. The summed E-state index contributed by atoms with van der Waals surface area (Å²) in [5.74, 6) is -1.06. The second kappa shape index (κ2) is 10.7. The summed E-state index contributed by atoms with van der Waals surface area (Å²) >= 11 is 1.32. The molecule has 0 spiro atoms. The van der Waals surface area contributed by atoms with Crippen LogP contribution in [0.1, 0.15) is 51.9 Å². The number of urea groups is 1. The molecule has 2 aliphatic rings. The molecule has 0 aliphatic carbocycles. The van der Waals surface area contributed by atoms with Crippen molar-refractivity contribution in [3.63, 3.8) is 0 Å². The van der Waals surface area contributed by atoms with E-state index in [9.17, 15) is 22.8 Å². The third-order valence-corrected chi connectivity index (χ3v) is 9.89. The summed E-state index contributed by atoms with van der Waals surface area (Å²) in [7, 11) is -0.735. The van der Waals surface area contributed by atoms with Crippen LogP contribution in [0.4, 0.5) is 9.80 Å². The van der Waals surface area contributed by atoms with Crippen LogP contribution in [0, 0.1) is 0 Å². The van der Waals surface area contributed by atoms with Gasteiger partial charge in [-0.1, -0.05) is 6.92 Å². The number of fused-ring (bicyclic) bond motifs is 1. The Bertz CT molecular complexity index is 1350. The average molecular weight is 564 g/mol. The van der Waals surface area contributed by atoms with Crippen molar-refractivity contribution in [1.29, 1.82) is 0 Å². The highest BCUT2D eigenvalue weighted by Gasteiger charge is 2.42. The van der Waals surface area contributed by atoms with E-state index >= 15 is 0 Å². The van der Waals surface area contributed by atoms with Crippen molar-refractivity contribution in [2.24, 2.45) is 0 Å². The predicted octanol–water partition coefficient (Wildman–Crippen LogP) is 2.55. The number of sulfonamides is 1. The van der Waals surface area contributed by atoms with E-state index in [0.29, 0.717) is 30.1 Å². The number of benzene rings is 1. The highest BCUT2D eigenvalue weighted by Crippen LogP contribution is 2.37. The standard InChI is InChI=1S/C25H33N5O6S2/c1-6-29-12-11-18-19(13-29)37-23(20(18)22(32)27-24(33)28(4)5)26-21(31)16-7-9-17(10-8-16)38(34,35)30-15-36-14-25(30,2)3/h7-10H,6,11-15H2,1-5H3,(H,26,31)(H,27,32,33). The molecule has 0 bridgehead atoms. The highest BCUT2D eigenvalue weighted by atomic mass is 32.2. The lowest BCUT2D eigenvalue weighted by Gasteiger charge is -2.28. The van der Waals surface area contributed by atoms with Gasteiger partial charge in [0.2, 0.25) is 10.0 Å². The number of likely N-dealkylation sites (N-methyl/N-ethyl adjacent to an activating group) is 1. The van der Waals surface area contributed by atoms with Crippen molar-refractivity contribution in [2.75, 3.05) is 45.8 Å². The fraction of sp³-hybridized carbons (Fsp3) is 0.480. The van der Waals surface area contributed by atoms with Crippen molar-refractivity contribution in [2.45, 2.75) is 44.2 Å². The van der Waals surface area contributed by atoms with Gasteiger partial charge in [0, 0.05) is 37.6 Å². The zero-order valence-electron chi connectivity index (χ0n) is 22.2. The van der Waals surface area contributed by atoms with Crippen LogP contribution in [0.15, 0.2) is 29.2 Å². The van der Waals surface area contributed by atoms with E-state index in [1.54, 1.807) is 13.8 Å². The van der Waals surface area contributed by atoms with E-state index in [1.807, 2.05) is 0 Å². The lowest BCUT2D eigenvalue weighted by Crippen LogP contribution is -2.44. The molecule has 1 saturated heterocycles. The molecule has 0 radical (unpaired) electrons. The minimum Gasteiger partial charge on any atom is -0.363 e. The molecule has 3 heterocycles. The molecular weight excluding hydrogens is 530 g/mol. The van der Waals surface area contributed by atoms with Crippen molar-refractivity contribution >= 4 is 44.2 Å². The molecule has 0 atom stereocenters. The first-order chi connectivity index (χ1) is 17.8. The first-order valence-corrected chi connectivity index (χ1v) is 14.5. The lowest BCUT2D eigenvalue weighted by atomic mass is 10.0. The summed E-state index contributed by atoms with van der Waals surface area (Å²) in [6.07, 6.45) is 0.623. The molecule has 0 saturated carbocycles. The number of amides is 4. The summed E-state index contributed by atoms with van der Waals surface area (Å²) in [6, 6.07) is 5.10. The second-order valence-corrected chi connectivity index (χ2v) is 13.1. The number of nitrogens with one attached hydrogen (secondary N) is 2. The lowest BCUT2D eigenvalue weighted by molar-refractivity contribution is 0.0956. The molecule has 4 rings (SSSR count). The molecule has 2 aromatic rings. The number of hydrogen-bond donors (Lipinski definition) is 2. The Morgan fingerprint density at radius 1 is 1.13 bits per heavy atom. The molecular formula is C25H33N5O6S2. The first-order valence-electron chi connectivity index (χ1n) is 12.3.